The van der Waals surface area contributed by atoms with Crippen molar-refractivity contribution in [2.75, 3.05) is 13.2 Å². The van der Waals surface area contributed by atoms with E-state index in [0.717, 1.165) is 13.2 Å². The van der Waals surface area contributed by atoms with Crippen LogP contribution in [-0.4, -0.2) is 25.4 Å². The molecule has 2 aliphatic heterocycles. The lowest BCUT2D eigenvalue weighted by Crippen LogP contribution is -1.86. The second-order valence-electron chi connectivity index (χ2n) is 10.9. The Balaban J connectivity index is 0.000000331. The molecule has 0 amide bonds. The molecular weight excluding hydrogens is 404 g/mol. The highest BCUT2D eigenvalue weighted by molar-refractivity contribution is 4.68. The van der Waals surface area contributed by atoms with Crippen molar-refractivity contribution in [1.82, 2.24) is 0 Å². The maximum Gasteiger partial charge on any atom is 0.0810 e. The molecule has 2 rings (SSSR count). The monoisotopic (exact) mass is 466 g/mol. The molecule has 0 N–H and O–H groups in total. The van der Waals surface area contributed by atoms with Crippen LogP contribution in [0.25, 0.3) is 0 Å². The van der Waals surface area contributed by atoms with E-state index in [1.165, 1.54) is 161 Å². The number of hydrogen-bond acceptors (Lipinski definition) is 2. The molecule has 2 atom stereocenters. The van der Waals surface area contributed by atoms with Gasteiger partial charge in [-0.05, 0) is 12.8 Å². The molecule has 2 saturated heterocycles. The van der Waals surface area contributed by atoms with Crippen molar-refractivity contribution in [1.29, 1.82) is 0 Å². The van der Waals surface area contributed by atoms with Crippen molar-refractivity contribution in [2.24, 2.45) is 0 Å². The fraction of sp³-hybridized carbons (Fsp3) is 1.00. The van der Waals surface area contributed by atoms with E-state index in [1.807, 2.05) is 0 Å². The van der Waals surface area contributed by atoms with Crippen LogP contribution in [0.1, 0.15) is 174 Å². The zero-order valence-electron chi connectivity index (χ0n) is 23.1. The van der Waals surface area contributed by atoms with Gasteiger partial charge in [0.05, 0.1) is 25.4 Å². The normalized spacial score (nSPS) is 18.7. The van der Waals surface area contributed by atoms with Crippen LogP contribution in [0.2, 0.25) is 0 Å². The highest BCUT2D eigenvalue weighted by atomic mass is 16.6. The third-order valence-corrected chi connectivity index (χ3v) is 7.31. The summed E-state index contributed by atoms with van der Waals surface area (Å²) in [5.74, 6) is 0. The molecule has 0 bridgehead atoms. The van der Waals surface area contributed by atoms with Gasteiger partial charge in [-0.3, -0.25) is 0 Å². The van der Waals surface area contributed by atoms with Crippen LogP contribution in [0.4, 0.5) is 0 Å². The summed E-state index contributed by atoms with van der Waals surface area (Å²) in [7, 11) is 0. The van der Waals surface area contributed by atoms with Crippen LogP contribution in [0.5, 0.6) is 0 Å². The Kier molecular flexibility index (Phi) is 23.5. The summed E-state index contributed by atoms with van der Waals surface area (Å²) in [6.07, 6.45) is 37.1. The molecule has 0 radical (unpaired) electrons. The lowest BCUT2D eigenvalue weighted by Gasteiger charge is -2.02. The number of epoxide rings is 2. The first-order valence-corrected chi connectivity index (χ1v) is 15.6. The molecule has 33 heavy (non-hydrogen) atoms. The van der Waals surface area contributed by atoms with Crippen LogP contribution in [-0.2, 0) is 9.47 Å². The molecule has 2 heterocycles. The van der Waals surface area contributed by atoms with Gasteiger partial charge in [-0.25, -0.2) is 0 Å². The summed E-state index contributed by atoms with van der Waals surface area (Å²) >= 11 is 0. The van der Waals surface area contributed by atoms with E-state index < -0.39 is 0 Å². The third kappa shape index (κ3) is 26.4. The van der Waals surface area contributed by atoms with Crippen LogP contribution in [0, 0.1) is 0 Å². The summed E-state index contributed by atoms with van der Waals surface area (Å²) in [6.45, 7) is 6.65. The predicted molar refractivity (Wildman–Crippen MR) is 146 cm³/mol. The maximum atomic E-state index is 5.21. The van der Waals surface area contributed by atoms with E-state index in [1.54, 1.807) is 0 Å². The van der Waals surface area contributed by atoms with Crippen molar-refractivity contribution in [3.8, 4) is 0 Å². The Morgan fingerprint density at radius 3 is 0.788 bits per heavy atom. The van der Waals surface area contributed by atoms with Crippen LogP contribution >= 0.6 is 0 Å². The summed E-state index contributed by atoms with van der Waals surface area (Å²) in [5, 5.41) is 0. The predicted octanol–water partition coefficient (Wildman–Crippen LogP) is 10.6. The third-order valence-electron chi connectivity index (χ3n) is 7.31. The number of unbranched alkanes of at least 4 members (excludes halogenated alkanes) is 21. The molecule has 2 unspecified atom stereocenters. The zero-order valence-corrected chi connectivity index (χ0v) is 23.1. The average Bonchev–Trinajstić information content (AvgIpc) is 3.74. The molecule has 198 valence electrons. The summed E-state index contributed by atoms with van der Waals surface area (Å²) in [4.78, 5) is 0. The fourth-order valence-corrected chi connectivity index (χ4v) is 4.72. The molecule has 2 heteroatoms. The van der Waals surface area contributed by atoms with Crippen molar-refractivity contribution in [3.05, 3.63) is 0 Å². The summed E-state index contributed by atoms with van der Waals surface area (Å²) < 4.78 is 10.4. The highest BCUT2D eigenvalue weighted by Gasteiger charge is 2.21. The number of rotatable bonds is 25. The van der Waals surface area contributed by atoms with Crippen molar-refractivity contribution in [2.45, 2.75) is 187 Å². The Bertz CT molecular complexity index is 362. The highest BCUT2D eigenvalue weighted by Crippen LogP contribution is 2.19. The molecule has 0 aromatic heterocycles. The van der Waals surface area contributed by atoms with E-state index in [9.17, 15) is 0 Å². The van der Waals surface area contributed by atoms with E-state index in [2.05, 4.69) is 13.8 Å². The molecule has 0 aromatic carbocycles. The van der Waals surface area contributed by atoms with Gasteiger partial charge in [-0.15, -0.1) is 0 Å². The van der Waals surface area contributed by atoms with E-state index in [0.29, 0.717) is 12.2 Å². The minimum atomic E-state index is 0.651. The lowest BCUT2D eigenvalue weighted by molar-refractivity contribution is 0.387. The second kappa shape index (κ2) is 25.0. The Labute approximate surface area is 209 Å². The quantitative estimate of drug-likeness (QED) is 0.0987. The van der Waals surface area contributed by atoms with Gasteiger partial charge in [-0.1, -0.05) is 162 Å². The van der Waals surface area contributed by atoms with Crippen LogP contribution in [0.3, 0.4) is 0 Å². The van der Waals surface area contributed by atoms with E-state index in [4.69, 9.17) is 9.47 Å². The van der Waals surface area contributed by atoms with Crippen molar-refractivity contribution in [3.63, 3.8) is 0 Å². The molecule has 0 aromatic rings. The number of hydrogen-bond donors (Lipinski definition) is 0. The van der Waals surface area contributed by atoms with E-state index >= 15 is 0 Å². The minimum absolute atomic E-state index is 0.651. The average molecular weight is 467 g/mol. The van der Waals surface area contributed by atoms with Gasteiger partial charge in [0.1, 0.15) is 0 Å². The van der Waals surface area contributed by atoms with Gasteiger partial charge in [0.2, 0.25) is 0 Å². The van der Waals surface area contributed by atoms with Gasteiger partial charge in [0.25, 0.3) is 0 Å². The van der Waals surface area contributed by atoms with Crippen LogP contribution in [0.15, 0.2) is 0 Å². The summed E-state index contributed by atoms with van der Waals surface area (Å²) in [6, 6.07) is 0. The number of ether oxygens (including phenoxy) is 2. The largest absolute Gasteiger partial charge is 0.373 e. The molecule has 2 nitrogen and oxygen atoms in total. The Hall–Kier alpha value is -0.0800. The lowest BCUT2D eigenvalue weighted by atomic mass is 10.0. The van der Waals surface area contributed by atoms with Gasteiger partial charge in [0, 0.05) is 0 Å². The first kappa shape index (κ1) is 31.0. The topological polar surface area (TPSA) is 25.1 Å². The molecule has 0 saturated carbocycles. The van der Waals surface area contributed by atoms with E-state index in [-0.39, 0.29) is 0 Å². The molecule has 2 fully saturated rings. The minimum Gasteiger partial charge on any atom is -0.373 e. The van der Waals surface area contributed by atoms with Gasteiger partial charge < -0.3 is 9.47 Å². The fourth-order valence-electron chi connectivity index (χ4n) is 4.72. The summed E-state index contributed by atoms with van der Waals surface area (Å²) in [5.41, 5.74) is 0. The van der Waals surface area contributed by atoms with Gasteiger partial charge in [0.15, 0.2) is 0 Å². The maximum absolute atomic E-state index is 5.21. The standard InChI is InChI=1S/C16H32O.C15H30O/c1-2-3-4-5-6-7-8-9-10-11-12-13-14-16-15-17-16;1-2-3-4-5-6-7-8-9-10-11-12-13-15-14-16-15/h16H,2-15H2,1H3;15H,2-14H2,1H3. The Morgan fingerprint density at radius 2 is 0.576 bits per heavy atom. The smallest absolute Gasteiger partial charge is 0.0810 e. The Morgan fingerprint density at radius 1 is 0.364 bits per heavy atom. The van der Waals surface area contributed by atoms with Crippen molar-refractivity contribution < 1.29 is 9.47 Å². The zero-order chi connectivity index (χ0) is 23.7. The second-order valence-corrected chi connectivity index (χ2v) is 10.9. The molecular formula is C31H62O2. The first-order valence-electron chi connectivity index (χ1n) is 15.6. The molecule has 2 aliphatic rings. The van der Waals surface area contributed by atoms with Crippen LogP contribution < -0.4 is 0 Å². The SMILES string of the molecule is CCCCCCCCCCCCCC1CO1.CCCCCCCCCCCCCCC1CO1. The van der Waals surface area contributed by atoms with Crippen molar-refractivity contribution >= 4 is 0 Å². The van der Waals surface area contributed by atoms with Gasteiger partial charge in [-0.2, -0.15) is 0 Å². The molecule has 0 spiro atoms. The van der Waals surface area contributed by atoms with Gasteiger partial charge >= 0.3 is 0 Å². The molecule has 0 aliphatic carbocycles. The first-order chi connectivity index (χ1) is 16.4.